The second-order valence-corrected chi connectivity index (χ2v) is 4.53. The van der Waals surface area contributed by atoms with Crippen LogP contribution in [0.3, 0.4) is 0 Å². The Morgan fingerprint density at radius 1 is 1.35 bits per heavy atom. The van der Waals surface area contributed by atoms with E-state index in [0.29, 0.717) is 10.6 Å². The van der Waals surface area contributed by atoms with E-state index in [9.17, 15) is 14.7 Å². The lowest BCUT2D eigenvalue weighted by Crippen LogP contribution is -2.12. The molecule has 1 N–H and O–H groups in total. The van der Waals surface area contributed by atoms with Crippen LogP contribution >= 0.6 is 11.6 Å². The zero-order chi connectivity index (χ0) is 14.7. The quantitative estimate of drug-likeness (QED) is 0.696. The summed E-state index contributed by atoms with van der Waals surface area (Å²) >= 11 is 5.94. The van der Waals surface area contributed by atoms with Crippen LogP contribution in [0.2, 0.25) is 5.02 Å². The zero-order valence-electron chi connectivity index (χ0n) is 10.6. The average Bonchev–Trinajstić information content (AvgIpc) is 2.36. The highest BCUT2D eigenvalue weighted by molar-refractivity contribution is 6.32. The number of carbonyl (C=O) groups excluding carboxylic acids is 1. The minimum Gasteiger partial charge on any atom is -0.507 e. The summed E-state index contributed by atoms with van der Waals surface area (Å²) in [5.41, 5.74) is -0.617. The number of rotatable bonds is 3. The highest BCUT2D eigenvalue weighted by Gasteiger charge is 2.15. The van der Waals surface area contributed by atoms with Gasteiger partial charge >= 0.3 is 5.63 Å². The van der Waals surface area contributed by atoms with Crippen molar-refractivity contribution in [3.63, 3.8) is 0 Å². The van der Waals surface area contributed by atoms with Crippen molar-refractivity contribution in [1.29, 1.82) is 0 Å². The third-order valence-corrected chi connectivity index (χ3v) is 2.96. The van der Waals surface area contributed by atoms with Crippen molar-refractivity contribution in [1.82, 2.24) is 0 Å². The van der Waals surface area contributed by atoms with Crippen molar-refractivity contribution >= 4 is 23.5 Å². The van der Waals surface area contributed by atoms with Gasteiger partial charge in [0.05, 0.1) is 0 Å². The molecule has 4 nitrogen and oxygen atoms in total. The summed E-state index contributed by atoms with van der Waals surface area (Å²) in [5, 5.41) is 10.1. The Morgan fingerprint density at radius 2 is 2.05 bits per heavy atom. The molecule has 0 aliphatic carbocycles. The molecule has 0 aliphatic heterocycles. The van der Waals surface area contributed by atoms with Gasteiger partial charge < -0.3 is 9.52 Å². The van der Waals surface area contributed by atoms with Gasteiger partial charge in [-0.3, -0.25) is 4.79 Å². The van der Waals surface area contributed by atoms with E-state index >= 15 is 0 Å². The summed E-state index contributed by atoms with van der Waals surface area (Å²) in [6, 6.07) is 8.17. The van der Waals surface area contributed by atoms with Crippen LogP contribution in [0.4, 0.5) is 0 Å². The monoisotopic (exact) mass is 290 g/mol. The van der Waals surface area contributed by atoms with Crippen LogP contribution in [0, 0.1) is 6.92 Å². The smallest absolute Gasteiger partial charge is 0.351 e. The fraction of sp³-hybridized carbons (Fsp3) is 0.0667. The second-order valence-electron chi connectivity index (χ2n) is 4.12. The number of allylic oxidation sites excluding steroid dienone is 1. The third kappa shape index (κ3) is 2.97. The molecule has 2 rings (SSSR count). The summed E-state index contributed by atoms with van der Waals surface area (Å²) in [7, 11) is 0. The maximum absolute atomic E-state index is 11.9. The van der Waals surface area contributed by atoms with Crippen LogP contribution in [-0.4, -0.2) is 10.9 Å². The molecule has 2 aromatic rings. The number of benzene rings is 1. The third-order valence-electron chi connectivity index (χ3n) is 2.62. The van der Waals surface area contributed by atoms with E-state index in [4.69, 9.17) is 16.0 Å². The standard InChI is InChI=1S/C15H11ClO4/c1-9-8-13(18)14(15(19)20-9)12(17)7-6-10-4-2-3-5-11(10)16/h2-8,18H,1H3/b7-6+. The molecule has 0 aliphatic rings. The first-order chi connectivity index (χ1) is 9.49. The predicted octanol–water partition coefficient (Wildman–Crippen LogP) is 3.20. The Bertz CT molecular complexity index is 744. The van der Waals surface area contributed by atoms with Crippen molar-refractivity contribution in [2.24, 2.45) is 0 Å². The molecule has 0 radical (unpaired) electrons. The van der Waals surface area contributed by atoms with Gasteiger partial charge in [-0.25, -0.2) is 4.79 Å². The number of carbonyl (C=O) groups is 1. The van der Waals surface area contributed by atoms with Gasteiger partial charge in [0.1, 0.15) is 17.1 Å². The normalized spacial score (nSPS) is 10.9. The van der Waals surface area contributed by atoms with Crippen molar-refractivity contribution < 1.29 is 14.3 Å². The Balaban J connectivity index is 2.35. The van der Waals surface area contributed by atoms with Crippen LogP contribution in [-0.2, 0) is 0 Å². The largest absolute Gasteiger partial charge is 0.507 e. The zero-order valence-corrected chi connectivity index (χ0v) is 11.3. The van der Waals surface area contributed by atoms with Crippen LogP contribution in [0.25, 0.3) is 6.08 Å². The molecule has 0 spiro atoms. The molecule has 5 heteroatoms. The molecular formula is C15H11ClO4. The van der Waals surface area contributed by atoms with Gasteiger partial charge in [0.25, 0.3) is 0 Å². The summed E-state index contributed by atoms with van der Waals surface area (Å²) in [5.74, 6) is -0.803. The predicted molar refractivity (Wildman–Crippen MR) is 76.2 cm³/mol. The van der Waals surface area contributed by atoms with Crippen molar-refractivity contribution in [2.75, 3.05) is 0 Å². The number of ketones is 1. The molecule has 20 heavy (non-hydrogen) atoms. The number of halogens is 1. The highest BCUT2D eigenvalue weighted by Crippen LogP contribution is 2.18. The molecule has 0 saturated heterocycles. The van der Waals surface area contributed by atoms with Gasteiger partial charge in [0.2, 0.25) is 0 Å². The molecule has 0 amide bonds. The van der Waals surface area contributed by atoms with E-state index in [0.717, 1.165) is 0 Å². The minimum absolute atomic E-state index is 0.235. The van der Waals surface area contributed by atoms with Crippen molar-refractivity contribution in [3.05, 3.63) is 68.7 Å². The lowest BCUT2D eigenvalue weighted by Gasteiger charge is -2.00. The maximum Gasteiger partial charge on any atom is 0.351 e. The van der Waals surface area contributed by atoms with Crippen LogP contribution in [0.1, 0.15) is 21.7 Å². The summed E-state index contributed by atoms with van der Waals surface area (Å²) in [6.07, 6.45) is 2.64. The number of aryl methyl sites for hydroxylation is 1. The molecule has 0 atom stereocenters. The fourth-order valence-electron chi connectivity index (χ4n) is 1.68. The molecule has 102 valence electrons. The number of aromatic hydroxyl groups is 1. The lowest BCUT2D eigenvalue weighted by molar-refractivity contribution is 0.104. The number of hydrogen-bond acceptors (Lipinski definition) is 4. The first-order valence-corrected chi connectivity index (χ1v) is 6.17. The van der Waals surface area contributed by atoms with E-state index in [-0.39, 0.29) is 11.3 Å². The fourth-order valence-corrected chi connectivity index (χ4v) is 1.88. The molecule has 0 unspecified atom stereocenters. The van der Waals surface area contributed by atoms with Crippen LogP contribution in [0.15, 0.2) is 45.6 Å². The Morgan fingerprint density at radius 3 is 2.70 bits per heavy atom. The van der Waals surface area contributed by atoms with E-state index in [1.54, 1.807) is 24.3 Å². The van der Waals surface area contributed by atoms with E-state index < -0.39 is 17.2 Å². The molecule has 1 aromatic carbocycles. The summed E-state index contributed by atoms with van der Waals surface area (Å²) in [4.78, 5) is 23.5. The summed E-state index contributed by atoms with van der Waals surface area (Å²) in [6.45, 7) is 1.51. The Labute approximate surface area is 119 Å². The first-order valence-electron chi connectivity index (χ1n) is 5.79. The lowest BCUT2D eigenvalue weighted by atomic mass is 10.1. The van der Waals surface area contributed by atoms with Gasteiger partial charge in [0, 0.05) is 11.1 Å². The van der Waals surface area contributed by atoms with Crippen LogP contribution in [0.5, 0.6) is 5.75 Å². The molecule has 0 saturated carbocycles. The topological polar surface area (TPSA) is 67.5 Å². The summed E-state index contributed by atoms with van der Waals surface area (Å²) < 4.78 is 4.79. The van der Waals surface area contributed by atoms with Gasteiger partial charge in [0.15, 0.2) is 5.78 Å². The maximum atomic E-state index is 11.9. The molecule has 0 bridgehead atoms. The van der Waals surface area contributed by atoms with Crippen molar-refractivity contribution in [2.45, 2.75) is 6.92 Å². The van der Waals surface area contributed by atoms with E-state index in [1.165, 1.54) is 25.1 Å². The molecule has 1 aromatic heterocycles. The van der Waals surface area contributed by atoms with E-state index in [2.05, 4.69) is 0 Å². The first kappa shape index (κ1) is 14.1. The van der Waals surface area contributed by atoms with Crippen LogP contribution < -0.4 is 5.63 Å². The Hall–Kier alpha value is -2.33. The SMILES string of the molecule is Cc1cc(O)c(C(=O)/C=C/c2ccccc2Cl)c(=O)o1. The van der Waals surface area contributed by atoms with Gasteiger partial charge in [-0.15, -0.1) is 0 Å². The highest BCUT2D eigenvalue weighted by atomic mass is 35.5. The molecular weight excluding hydrogens is 280 g/mol. The Kier molecular flexibility index (Phi) is 4.05. The average molecular weight is 291 g/mol. The van der Waals surface area contributed by atoms with Gasteiger partial charge in [-0.1, -0.05) is 29.8 Å². The molecule has 1 heterocycles. The number of hydrogen-bond donors (Lipinski definition) is 1. The van der Waals surface area contributed by atoms with E-state index in [1.807, 2.05) is 0 Å². The molecule has 0 fully saturated rings. The van der Waals surface area contributed by atoms with Crippen molar-refractivity contribution in [3.8, 4) is 5.75 Å². The second kappa shape index (κ2) is 5.75. The van der Waals surface area contributed by atoms with Gasteiger partial charge in [-0.2, -0.15) is 0 Å². The minimum atomic E-state index is -0.865. The van der Waals surface area contributed by atoms with Gasteiger partial charge in [-0.05, 0) is 30.7 Å².